The SMILES string of the molecule is O=C1N([C@H]2CC[C@H](O)CC2)CCC12CCCN(c1ccccc1)C2. The average Bonchev–Trinajstić information content (AvgIpc) is 2.93. The highest BCUT2D eigenvalue weighted by molar-refractivity contribution is 5.86. The van der Waals surface area contributed by atoms with Gasteiger partial charge < -0.3 is 14.9 Å². The molecule has 1 spiro atoms. The Bertz CT molecular complexity index is 583. The largest absolute Gasteiger partial charge is 0.393 e. The van der Waals surface area contributed by atoms with E-state index in [4.69, 9.17) is 0 Å². The molecule has 1 N–H and O–H groups in total. The Morgan fingerprint density at radius 2 is 1.75 bits per heavy atom. The number of hydrogen-bond acceptors (Lipinski definition) is 3. The Balaban J connectivity index is 1.48. The molecule has 3 fully saturated rings. The molecule has 0 bridgehead atoms. The van der Waals surface area contributed by atoms with Crippen LogP contribution in [0.2, 0.25) is 0 Å². The maximum absolute atomic E-state index is 13.3. The normalized spacial score (nSPS) is 34.1. The van der Waals surface area contributed by atoms with Gasteiger partial charge in [-0.25, -0.2) is 0 Å². The molecule has 130 valence electrons. The molecule has 4 rings (SSSR count). The fourth-order valence-electron chi connectivity index (χ4n) is 4.94. The Labute approximate surface area is 144 Å². The van der Waals surface area contributed by atoms with E-state index in [-0.39, 0.29) is 11.5 Å². The first-order valence-corrected chi connectivity index (χ1v) is 9.47. The van der Waals surface area contributed by atoms with Crippen LogP contribution in [0.4, 0.5) is 5.69 Å². The third-order valence-electron chi connectivity index (χ3n) is 6.35. The van der Waals surface area contributed by atoms with E-state index >= 15 is 0 Å². The summed E-state index contributed by atoms with van der Waals surface area (Å²) in [6.07, 6.45) is 6.58. The maximum atomic E-state index is 13.3. The Morgan fingerprint density at radius 1 is 1.00 bits per heavy atom. The highest BCUT2D eigenvalue weighted by Gasteiger charge is 2.50. The van der Waals surface area contributed by atoms with Crippen molar-refractivity contribution in [3.8, 4) is 0 Å². The standard InChI is InChI=1S/C20H28N2O2/c23-18-9-7-17(8-10-18)22-14-12-20(19(22)24)11-4-13-21(15-20)16-5-2-1-3-6-16/h1-3,5-6,17-18,23H,4,7-15H2/t17-,18-,20?. The molecule has 0 radical (unpaired) electrons. The van der Waals surface area contributed by atoms with Gasteiger partial charge in [0, 0.05) is 31.4 Å². The van der Waals surface area contributed by atoms with Crippen molar-refractivity contribution in [3.63, 3.8) is 0 Å². The molecule has 1 aliphatic carbocycles. The average molecular weight is 328 g/mol. The lowest BCUT2D eigenvalue weighted by molar-refractivity contribution is -0.139. The summed E-state index contributed by atoms with van der Waals surface area (Å²) in [6, 6.07) is 10.9. The number of aliphatic hydroxyl groups excluding tert-OH is 1. The van der Waals surface area contributed by atoms with Crippen molar-refractivity contribution in [2.75, 3.05) is 24.5 Å². The van der Waals surface area contributed by atoms with Crippen LogP contribution in [0.3, 0.4) is 0 Å². The van der Waals surface area contributed by atoms with E-state index in [0.29, 0.717) is 11.9 Å². The number of benzene rings is 1. The number of carbonyl (C=O) groups is 1. The lowest BCUT2D eigenvalue weighted by atomic mass is 9.78. The number of piperidine rings is 1. The number of amides is 1. The van der Waals surface area contributed by atoms with Crippen molar-refractivity contribution in [2.24, 2.45) is 5.41 Å². The zero-order valence-electron chi connectivity index (χ0n) is 14.4. The molecule has 24 heavy (non-hydrogen) atoms. The quantitative estimate of drug-likeness (QED) is 0.908. The first kappa shape index (κ1) is 15.9. The van der Waals surface area contributed by atoms with E-state index in [1.165, 1.54) is 5.69 Å². The number of anilines is 1. The zero-order valence-corrected chi connectivity index (χ0v) is 14.4. The van der Waals surface area contributed by atoms with E-state index in [9.17, 15) is 9.90 Å². The summed E-state index contributed by atoms with van der Waals surface area (Å²) < 4.78 is 0. The molecule has 2 aliphatic heterocycles. The van der Waals surface area contributed by atoms with Crippen molar-refractivity contribution in [1.29, 1.82) is 0 Å². The molecule has 3 aliphatic rings. The lowest BCUT2D eigenvalue weighted by Gasteiger charge is -2.41. The summed E-state index contributed by atoms with van der Waals surface area (Å²) in [5, 5.41) is 9.73. The molecule has 2 saturated heterocycles. The minimum absolute atomic E-state index is 0.156. The second kappa shape index (κ2) is 6.40. The van der Waals surface area contributed by atoms with Gasteiger partial charge in [0.05, 0.1) is 11.5 Å². The van der Waals surface area contributed by atoms with Crippen molar-refractivity contribution in [2.45, 2.75) is 57.1 Å². The Morgan fingerprint density at radius 3 is 2.50 bits per heavy atom. The molecule has 0 aromatic heterocycles. The number of hydrogen-bond donors (Lipinski definition) is 1. The summed E-state index contributed by atoms with van der Waals surface area (Å²) in [6.45, 7) is 2.82. The predicted molar refractivity (Wildman–Crippen MR) is 94.9 cm³/mol. The van der Waals surface area contributed by atoms with Crippen LogP contribution in [0.5, 0.6) is 0 Å². The first-order valence-electron chi connectivity index (χ1n) is 9.47. The number of para-hydroxylation sites is 1. The molecule has 1 aromatic carbocycles. The van der Waals surface area contributed by atoms with Gasteiger partial charge in [0.2, 0.25) is 5.91 Å². The van der Waals surface area contributed by atoms with Gasteiger partial charge in [-0.3, -0.25) is 4.79 Å². The zero-order chi connectivity index (χ0) is 16.6. The van der Waals surface area contributed by atoms with Gasteiger partial charge in [-0.1, -0.05) is 18.2 Å². The Kier molecular flexibility index (Phi) is 4.25. The van der Waals surface area contributed by atoms with E-state index in [0.717, 1.165) is 64.6 Å². The van der Waals surface area contributed by atoms with Gasteiger partial charge in [0.15, 0.2) is 0 Å². The molecule has 2 heterocycles. The molecule has 1 saturated carbocycles. The Hall–Kier alpha value is -1.55. The number of rotatable bonds is 2. The number of aliphatic hydroxyl groups is 1. The van der Waals surface area contributed by atoms with Crippen molar-refractivity contribution >= 4 is 11.6 Å². The van der Waals surface area contributed by atoms with Gasteiger partial charge in [-0.2, -0.15) is 0 Å². The van der Waals surface area contributed by atoms with Crippen LogP contribution < -0.4 is 4.90 Å². The second-order valence-corrected chi connectivity index (χ2v) is 7.85. The first-order chi connectivity index (χ1) is 11.7. The molecule has 1 aromatic rings. The van der Waals surface area contributed by atoms with Crippen LogP contribution >= 0.6 is 0 Å². The van der Waals surface area contributed by atoms with E-state index < -0.39 is 0 Å². The fraction of sp³-hybridized carbons (Fsp3) is 0.650. The topological polar surface area (TPSA) is 43.8 Å². The number of likely N-dealkylation sites (tertiary alicyclic amines) is 1. The van der Waals surface area contributed by atoms with Gasteiger partial charge >= 0.3 is 0 Å². The van der Waals surface area contributed by atoms with Crippen LogP contribution in [-0.2, 0) is 4.79 Å². The summed E-state index contributed by atoms with van der Waals surface area (Å²) in [4.78, 5) is 17.8. The van der Waals surface area contributed by atoms with Gasteiger partial charge in [0.25, 0.3) is 0 Å². The lowest BCUT2D eigenvalue weighted by Crippen LogP contribution is -2.50. The highest BCUT2D eigenvalue weighted by atomic mass is 16.3. The van der Waals surface area contributed by atoms with Crippen molar-refractivity contribution in [3.05, 3.63) is 30.3 Å². The summed E-state index contributed by atoms with van der Waals surface area (Å²) >= 11 is 0. The predicted octanol–water partition coefficient (Wildman–Crippen LogP) is 2.81. The number of carbonyl (C=O) groups excluding carboxylic acids is 1. The van der Waals surface area contributed by atoms with Gasteiger partial charge in [0.1, 0.15) is 0 Å². The minimum atomic E-state index is -0.176. The molecule has 1 amide bonds. The monoisotopic (exact) mass is 328 g/mol. The second-order valence-electron chi connectivity index (χ2n) is 7.85. The summed E-state index contributed by atoms with van der Waals surface area (Å²) in [5.74, 6) is 0.379. The fourth-order valence-corrected chi connectivity index (χ4v) is 4.94. The molecular formula is C20H28N2O2. The van der Waals surface area contributed by atoms with E-state index in [1.807, 2.05) is 6.07 Å². The third kappa shape index (κ3) is 2.81. The molecule has 1 unspecified atom stereocenters. The third-order valence-corrected chi connectivity index (χ3v) is 6.35. The maximum Gasteiger partial charge on any atom is 0.230 e. The van der Waals surface area contributed by atoms with Gasteiger partial charge in [-0.15, -0.1) is 0 Å². The molecular weight excluding hydrogens is 300 g/mol. The number of nitrogens with zero attached hydrogens (tertiary/aromatic N) is 2. The van der Waals surface area contributed by atoms with Gasteiger partial charge in [-0.05, 0) is 57.1 Å². The van der Waals surface area contributed by atoms with Crippen LogP contribution in [0.25, 0.3) is 0 Å². The van der Waals surface area contributed by atoms with Crippen LogP contribution in [0.15, 0.2) is 30.3 Å². The smallest absolute Gasteiger partial charge is 0.230 e. The summed E-state index contributed by atoms with van der Waals surface area (Å²) in [7, 11) is 0. The minimum Gasteiger partial charge on any atom is -0.393 e. The molecule has 4 nitrogen and oxygen atoms in total. The summed E-state index contributed by atoms with van der Waals surface area (Å²) in [5.41, 5.74) is 1.06. The molecule has 1 atom stereocenters. The van der Waals surface area contributed by atoms with Crippen LogP contribution in [-0.4, -0.2) is 47.7 Å². The van der Waals surface area contributed by atoms with E-state index in [2.05, 4.69) is 34.1 Å². The molecule has 4 heteroatoms. The van der Waals surface area contributed by atoms with Crippen molar-refractivity contribution in [1.82, 2.24) is 4.90 Å². The van der Waals surface area contributed by atoms with Crippen LogP contribution in [0, 0.1) is 5.41 Å². The van der Waals surface area contributed by atoms with E-state index in [1.54, 1.807) is 0 Å². The highest BCUT2D eigenvalue weighted by Crippen LogP contribution is 2.43. The van der Waals surface area contributed by atoms with Crippen molar-refractivity contribution < 1.29 is 9.90 Å². The van der Waals surface area contributed by atoms with Crippen LogP contribution in [0.1, 0.15) is 44.9 Å².